The van der Waals surface area contributed by atoms with Crippen LogP contribution in [0.15, 0.2) is 91.0 Å². The van der Waals surface area contributed by atoms with Crippen molar-refractivity contribution in [1.29, 1.82) is 0 Å². The molecule has 0 saturated heterocycles. The second-order valence-corrected chi connectivity index (χ2v) is 8.40. The molecule has 0 aromatic heterocycles. The lowest BCUT2D eigenvalue weighted by atomic mass is 10.3. The summed E-state index contributed by atoms with van der Waals surface area (Å²) >= 11 is 0. The Bertz CT molecular complexity index is 820. The van der Waals surface area contributed by atoms with Crippen LogP contribution in [0.3, 0.4) is 0 Å². The smallest absolute Gasteiger partial charge is 0.304 e. The van der Waals surface area contributed by atoms with Crippen LogP contribution in [0, 0.1) is 0 Å². The first-order valence-corrected chi connectivity index (χ1v) is 10.9. The Balaban J connectivity index is 2.11. The molecule has 0 aliphatic carbocycles. The van der Waals surface area contributed by atoms with E-state index in [0.717, 1.165) is 17.1 Å². The van der Waals surface area contributed by atoms with Crippen LogP contribution in [0.25, 0.3) is 0 Å². The van der Waals surface area contributed by atoms with Crippen LogP contribution in [0.2, 0.25) is 0 Å². The third kappa shape index (κ3) is 4.17. The average Bonchev–Trinajstić information content (AvgIpc) is 2.71. The molecule has 27 heavy (non-hydrogen) atoms. The third-order valence-corrected chi connectivity index (χ3v) is 7.30. The predicted octanol–water partition coefficient (Wildman–Crippen LogP) is 6.26. The molecule has 0 spiro atoms. The number of nitrogens with one attached hydrogen (secondary N) is 1. The molecular formula is C22H26N3OP. The van der Waals surface area contributed by atoms with E-state index < -0.39 is 7.59 Å². The molecule has 0 heterocycles. The van der Waals surface area contributed by atoms with Crippen molar-refractivity contribution in [3.8, 4) is 0 Å². The summed E-state index contributed by atoms with van der Waals surface area (Å²) < 4.78 is 18.5. The molecule has 3 rings (SSSR count). The van der Waals surface area contributed by atoms with Crippen molar-refractivity contribution in [3.63, 3.8) is 0 Å². The zero-order valence-corrected chi connectivity index (χ0v) is 16.7. The number of benzene rings is 3. The maximum absolute atomic E-state index is 14.6. The molecule has 3 aromatic rings. The van der Waals surface area contributed by atoms with Gasteiger partial charge in [0.15, 0.2) is 0 Å². The van der Waals surface area contributed by atoms with Crippen LogP contribution in [-0.2, 0) is 4.57 Å². The fourth-order valence-electron chi connectivity index (χ4n) is 3.19. The van der Waals surface area contributed by atoms with E-state index in [-0.39, 0.29) is 0 Å². The molecular weight excluding hydrogens is 353 g/mol. The summed E-state index contributed by atoms with van der Waals surface area (Å²) in [6, 6.07) is 29.6. The van der Waals surface area contributed by atoms with Crippen LogP contribution in [-0.4, -0.2) is 13.1 Å². The summed E-state index contributed by atoms with van der Waals surface area (Å²) in [6.45, 7) is 5.30. The second-order valence-electron chi connectivity index (χ2n) is 6.12. The van der Waals surface area contributed by atoms with Gasteiger partial charge in [-0.05, 0) is 50.2 Å². The Morgan fingerprint density at radius 2 is 1.04 bits per heavy atom. The van der Waals surface area contributed by atoms with Crippen LogP contribution < -0.4 is 14.4 Å². The molecule has 0 amide bonds. The Morgan fingerprint density at radius 1 is 0.667 bits per heavy atom. The molecule has 0 atom stereocenters. The van der Waals surface area contributed by atoms with Crippen LogP contribution in [0.4, 0.5) is 17.1 Å². The van der Waals surface area contributed by atoms with E-state index >= 15 is 0 Å². The first kappa shape index (κ1) is 19.1. The molecule has 0 radical (unpaired) electrons. The number of nitrogens with zero attached hydrogens (tertiary/aromatic N) is 2. The molecule has 0 bridgehead atoms. The van der Waals surface area contributed by atoms with E-state index in [1.54, 1.807) is 0 Å². The summed E-state index contributed by atoms with van der Waals surface area (Å²) in [7, 11) is -3.19. The van der Waals surface area contributed by atoms with Gasteiger partial charge in [0, 0.05) is 30.2 Å². The highest BCUT2D eigenvalue weighted by molar-refractivity contribution is 7.68. The Kier molecular flexibility index (Phi) is 6.20. The van der Waals surface area contributed by atoms with E-state index in [0.29, 0.717) is 13.1 Å². The molecule has 1 N–H and O–H groups in total. The number of hydrogen-bond acceptors (Lipinski definition) is 1. The topological polar surface area (TPSA) is 35.6 Å². The normalized spacial score (nSPS) is 11.0. The molecule has 4 nitrogen and oxygen atoms in total. The molecule has 3 aromatic carbocycles. The molecule has 5 heteroatoms. The number of para-hydroxylation sites is 3. The Labute approximate surface area is 162 Å². The van der Waals surface area contributed by atoms with Gasteiger partial charge in [-0.3, -0.25) is 9.34 Å². The zero-order chi connectivity index (χ0) is 19.1. The monoisotopic (exact) mass is 379 g/mol. The van der Waals surface area contributed by atoms with Gasteiger partial charge in [0.2, 0.25) is 0 Å². The summed E-state index contributed by atoms with van der Waals surface area (Å²) in [4.78, 5) is 0. The van der Waals surface area contributed by atoms with E-state index in [4.69, 9.17) is 0 Å². The molecule has 0 unspecified atom stereocenters. The molecule has 0 saturated carbocycles. The zero-order valence-electron chi connectivity index (χ0n) is 15.8. The quantitative estimate of drug-likeness (QED) is 0.469. The van der Waals surface area contributed by atoms with Gasteiger partial charge in [-0.25, -0.2) is 4.57 Å². The van der Waals surface area contributed by atoms with Crippen molar-refractivity contribution in [2.24, 2.45) is 0 Å². The highest BCUT2D eigenvalue weighted by atomic mass is 31.2. The van der Waals surface area contributed by atoms with Gasteiger partial charge < -0.3 is 5.09 Å². The molecule has 0 aliphatic rings. The van der Waals surface area contributed by atoms with Crippen molar-refractivity contribution in [3.05, 3.63) is 91.0 Å². The predicted molar refractivity (Wildman–Crippen MR) is 117 cm³/mol. The summed E-state index contributed by atoms with van der Waals surface area (Å²) in [6.07, 6.45) is 0. The first-order chi connectivity index (χ1) is 13.2. The van der Waals surface area contributed by atoms with Crippen molar-refractivity contribution in [2.45, 2.75) is 13.8 Å². The summed E-state index contributed by atoms with van der Waals surface area (Å²) in [5, 5.41) is 3.36. The Hall–Kier alpha value is -2.71. The van der Waals surface area contributed by atoms with E-state index in [9.17, 15) is 4.57 Å². The van der Waals surface area contributed by atoms with Gasteiger partial charge in [-0.1, -0.05) is 54.6 Å². The van der Waals surface area contributed by atoms with Crippen molar-refractivity contribution in [1.82, 2.24) is 0 Å². The standard InChI is InChI=1S/C22H26N3OP/c1-3-24(21-16-10-6-11-17-21)27(26,23-20-14-8-5-9-15-20)25(4-2)22-18-12-7-13-19-22/h5-19H,3-4H2,1-2H3,(H,23,26). The lowest BCUT2D eigenvalue weighted by Crippen LogP contribution is -2.35. The maximum atomic E-state index is 14.6. The van der Waals surface area contributed by atoms with Gasteiger partial charge in [0.05, 0.1) is 0 Å². The highest BCUT2D eigenvalue weighted by Crippen LogP contribution is 2.56. The minimum Gasteiger partial charge on any atom is -0.304 e. The molecule has 0 fully saturated rings. The second kappa shape index (κ2) is 8.79. The lowest BCUT2D eigenvalue weighted by Gasteiger charge is -2.41. The first-order valence-electron chi connectivity index (χ1n) is 9.28. The highest BCUT2D eigenvalue weighted by Gasteiger charge is 2.37. The van der Waals surface area contributed by atoms with Gasteiger partial charge in [0.1, 0.15) is 0 Å². The SMILES string of the molecule is CCN(c1ccccc1)P(=O)(Nc1ccccc1)N(CC)c1ccccc1. The molecule has 140 valence electrons. The fourth-order valence-corrected chi connectivity index (χ4v) is 5.84. The van der Waals surface area contributed by atoms with Crippen molar-refractivity contribution in [2.75, 3.05) is 27.5 Å². The summed E-state index contributed by atoms with van der Waals surface area (Å²) in [5.41, 5.74) is 2.70. The summed E-state index contributed by atoms with van der Waals surface area (Å²) in [5.74, 6) is 0. The van der Waals surface area contributed by atoms with Crippen molar-refractivity contribution >= 4 is 24.7 Å². The van der Waals surface area contributed by atoms with Gasteiger partial charge in [-0.15, -0.1) is 0 Å². The van der Waals surface area contributed by atoms with Crippen LogP contribution in [0.1, 0.15) is 13.8 Å². The number of rotatable bonds is 8. The molecule has 0 aliphatic heterocycles. The number of hydrogen-bond donors (Lipinski definition) is 1. The van der Waals surface area contributed by atoms with Crippen LogP contribution in [0.5, 0.6) is 0 Å². The van der Waals surface area contributed by atoms with Crippen molar-refractivity contribution < 1.29 is 4.57 Å². The minimum atomic E-state index is -3.19. The largest absolute Gasteiger partial charge is 0.357 e. The van der Waals surface area contributed by atoms with Gasteiger partial charge >= 0.3 is 7.59 Å². The fraction of sp³-hybridized carbons (Fsp3) is 0.182. The van der Waals surface area contributed by atoms with Crippen LogP contribution >= 0.6 is 7.59 Å². The lowest BCUT2D eigenvalue weighted by molar-refractivity contribution is 0.572. The van der Waals surface area contributed by atoms with Gasteiger partial charge in [-0.2, -0.15) is 0 Å². The minimum absolute atomic E-state index is 0.616. The van der Waals surface area contributed by atoms with E-state index in [1.165, 1.54) is 0 Å². The Morgan fingerprint density at radius 3 is 1.41 bits per heavy atom. The maximum Gasteiger partial charge on any atom is 0.357 e. The number of anilines is 3. The average molecular weight is 379 g/mol. The third-order valence-electron chi connectivity index (χ3n) is 4.41. The van der Waals surface area contributed by atoms with E-state index in [1.807, 2.05) is 114 Å². The van der Waals surface area contributed by atoms with E-state index in [2.05, 4.69) is 5.09 Å². The van der Waals surface area contributed by atoms with Gasteiger partial charge in [0.25, 0.3) is 0 Å².